The van der Waals surface area contributed by atoms with Gasteiger partial charge in [-0.05, 0) is 36.8 Å². The molecular weight excluding hydrogens is 460 g/mol. The van der Waals surface area contributed by atoms with Crippen LogP contribution in [0.4, 0.5) is 10.7 Å². The Morgan fingerprint density at radius 2 is 1.76 bits per heavy atom. The van der Waals surface area contributed by atoms with Crippen LogP contribution >= 0.6 is 23.3 Å². The van der Waals surface area contributed by atoms with E-state index in [1.54, 1.807) is 31.2 Å². The van der Waals surface area contributed by atoms with Crippen LogP contribution in [-0.2, 0) is 20.7 Å². The van der Waals surface area contributed by atoms with E-state index in [0.29, 0.717) is 17.0 Å². The van der Waals surface area contributed by atoms with E-state index >= 15 is 0 Å². The van der Waals surface area contributed by atoms with Crippen molar-refractivity contribution in [3.63, 3.8) is 0 Å². The van der Waals surface area contributed by atoms with Gasteiger partial charge in [0, 0.05) is 23.2 Å². The zero-order valence-electron chi connectivity index (χ0n) is 18.3. The Morgan fingerprint density at radius 1 is 0.970 bits per heavy atom. The van der Waals surface area contributed by atoms with E-state index in [1.807, 2.05) is 42.7 Å². The van der Waals surface area contributed by atoms with E-state index < -0.39 is 24.5 Å². The van der Waals surface area contributed by atoms with Gasteiger partial charge in [0.1, 0.15) is 5.00 Å². The molecule has 1 amide bonds. The van der Waals surface area contributed by atoms with Crippen molar-refractivity contribution in [3.8, 4) is 0 Å². The fraction of sp³-hybridized carbons (Fsp3) is 0.208. The highest BCUT2D eigenvalue weighted by atomic mass is 32.2. The molecule has 0 saturated heterocycles. The number of hydrogen-bond donors (Lipinski definition) is 2. The van der Waals surface area contributed by atoms with Crippen LogP contribution in [0, 0.1) is 0 Å². The third kappa shape index (κ3) is 7.10. The number of nitrogens with one attached hydrogen (secondary N) is 2. The average Bonchev–Trinajstić information content (AvgIpc) is 3.20. The van der Waals surface area contributed by atoms with Crippen LogP contribution in [0.15, 0.2) is 60.7 Å². The minimum absolute atomic E-state index is 0.220. The standard InChI is InChI=1S/C24H24N2O5S2/c1-3-30-24(29)20-14-19(12-16-8-5-4-6-9-16)33-22(20)25-21(27)15-31-23(28)17-10-7-11-18(13-17)26-32-2/h4-11,13-14,26H,3,12,15H2,1-2H3,(H,25,27). The molecule has 2 aromatic carbocycles. The first-order valence-corrected chi connectivity index (χ1v) is 12.2. The topological polar surface area (TPSA) is 93.7 Å². The average molecular weight is 485 g/mol. The summed E-state index contributed by atoms with van der Waals surface area (Å²) in [5, 5.41) is 3.05. The van der Waals surface area contributed by atoms with Gasteiger partial charge in [-0.25, -0.2) is 9.59 Å². The maximum atomic E-state index is 12.5. The van der Waals surface area contributed by atoms with Crippen molar-refractivity contribution < 1.29 is 23.9 Å². The molecule has 0 unspecified atom stereocenters. The molecule has 3 aromatic rings. The van der Waals surface area contributed by atoms with Gasteiger partial charge in [-0.1, -0.05) is 48.3 Å². The number of amides is 1. The summed E-state index contributed by atoms with van der Waals surface area (Å²) in [7, 11) is 0. The summed E-state index contributed by atoms with van der Waals surface area (Å²) in [5.41, 5.74) is 2.45. The zero-order chi connectivity index (χ0) is 23.6. The number of rotatable bonds is 10. The van der Waals surface area contributed by atoms with Crippen molar-refractivity contribution in [1.82, 2.24) is 0 Å². The fourth-order valence-electron chi connectivity index (χ4n) is 2.98. The number of ether oxygens (including phenoxy) is 2. The maximum Gasteiger partial charge on any atom is 0.341 e. The van der Waals surface area contributed by atoms with Crippen LogP contribution in [0.5, 0.6) is 0 Å². The number of hydrogen-bond acceptors (Lipinski definition) is 8. The molecule has 0 saturated carbocycles. The molecule has 2 N–H and O–H groups in total. The Balaban J connectivity index is 1.66. The molecule has 0 spiro atoms. The molecule has 0 radical (unpaired) electrons. The third-order valence-electron chi connectivity index (χ3n) is 4.41. The summed E-state index contributed by atoms with van der Waals surface area (Å²) in [6.07, 6.45) is 2.49. The van der Waals surface area contributed by atoms with Crippen LogP contribution in [0.3, 0.4) is 0 Å². The number of carbonyl (C=O) groups excluding carboxylic acids is 3. The quantitative estimate of drug-likeness (QED) is 0.309. The van der Waals surface area contributed by atoms with Crippen molar-refractivity contribution in [2.75, 3.05) is 29.5 Å². The van der Waals surface area contributed by atoms with Gasteiger partial charge in [-0.3, -0.25) is 4.79 Å². The van der Waals surface area contributed by atoms with E-state index in [-0.39, 0.29) is 12.2 Å². The van der Waals surface area contributed by atoms with Crippen molar-refractivity contribution in [3.05, 3.63) is 82.2 Å². The summed E-state index contributed by atoms with van der Waals surface area (Å²) in [6.45, 7) is 1.46. The van der Waals surface area contributed by atoms with Gasteiger partial charge < -0.3 is 19.5 Å². The number of benzene rings is 2. The van der Waals surface area contributed by atoms with Crippen LogP contribution in [-0.4, -0.2) is 37.3 Å². The van der Waals surface area contributed by atoms with E-state index in [0.717, 1.165) is 16.1 Å². The second-order valence-electron chi connectivity index (χ2n) is 6.85. The lowest BCUT2D eigenvalue weighted by Crippen LogP contribution is -2.21. The van der Waals surface area contributed by atoms with E-state index in [4.69, 9.17) is 9.47 Å². The summed E-state index contributed by atoms with van der Waals surface area (Å²) < 4.78 is 13.3. The normalized spacial score (nSPS) is 10.4. The van der Waals surface area contributed by atoms with Crippen LogP contribution in [0.2, 0.25) is 0 Å². The summed E-state index contributed by atoms with van der Waals surface area (Å²) >= 11 is 2.69. The number of anilines is 2. The van der Waals surface area contributed by atoms with Crippen LogP contribution in [0.25, 0.3) is 0 Å². The van der Waals surface area contributed by atoms with E-state index in [1.165, 1.54) is 23.3 Å². The maximum absolute atomic E-state index is 12.5. The number of thiophene rings is 1. The molecule has 9 heteroatoms. The summed E-state index contributed by atoms with van der Waals surface area (Å²) in [6, 6.07) is 18.3. The predicted octanol–water partition coefficient (Wildman–Crippen LogP) is 5.00. The fourth-order valence-corrected chi connectivity index (χ4v) is 4.44. The largest absolute Gasteiger partial charge is 0.462 e. The highest BCUT2D eigenvalue weighted by Crippen LogP contribution is 2.30. The first-order chi connectivity index (χ1) is 16.0. The number of esters is 2. The molecule has 172 valence electrons. The molecule has 0 bridgehead atoms. The first kappa shape index (κ1) is 24.3. The Hall–Kier alpha value is -3.30. The second-order valence-corrected chi connectivity index (χ2v) is 8.60. The van der Waals surface area contributed by atoms with E-state index in [9.17, 15) is 14.4 Å². The van der Waals surface area contributed by atoms with Gasteiger partial charge in [-0.15, -0.1) is 11.3 Å². The minimum atomic E-state index is -0.614. The van der Waals surface area contributed by atoms with Crippen molar-refractivity contribution >= 4 is 51.8 Å². The highest BCUT2D eigenvalue weighted by molar-refractivity contribution is 7.99. The number of carbonyl (C=O) groups is 3. The molecule has 0 aliphatic rings. The van der Waals surface area contributed by atoms with Gasteiger partial charge in [0.25, 0.3) is 5.91 Å². The lowest BCUT2D eigenvalue weighted by Gasteiger charge is -2.08. The van der Waals surface area contributed by atoms with E-state index in [2.05, 4.69) is 10.0 Å². The second kappa shape index (κ2) is 12.1. The molecule has 0 atom stereocenters. The van der Waals surface area contributed by atoms with Crippen LogP contribution in [0.1, 0.15) is 38.1 Å². The van der Waals surface area contributed by atoms with Crippen molar-refractivity contribution in [1.29, 1.82) is 0 Å². The smallest absolute Gasteiger partial charge is 0.341 e. The minimum Gasteiger partial charge on any atom is -0.462 e. The Labute approximate surface area is 200 Å². The molecule has 0 aliphatic carbocycles. The lowest BCUT2D eigenvalue weighted by atomic mass is 10.1. The molecule has 3 rings (SSSR count). The van der Waals surface area contributed by atoms with Gasteiger partial charge in [-0.2, -0.15) is 0 Å². The molecule has 0 aliphatic heterocycles. The first-order valence-electron chi connectivity index (χ1n) is 10.2. The third-order valence-corrected chi connectivity index (χ3v) is 5.90. The van der Waals surface area contributed by atoms with Crippen LogP contribution < -0.4 is 10.0 Å². The van der Waals surface area contributed by atoms with Gasteiger partial charge in [0.05, 0.1) is 17.7 Å². The van der Waals surface area contributed by atoms with Crippen molar-refractivity contribution in [2.24, 2.45) is 0 Å². The highest BCUT2D eigenvalue weighted by Gasteiger charge is 2.20. The Bertz CT molecular complexity index is 1120. The summed E-state index contributed by atoms with van der Waals surface area (Å²) in [5.74, 6) is -1.67. The zero-order valence-corrected chi connectivity index (χ0v) is 19.9. The van der Waals surface area contributed by atoms with Gasteiger partial charge in [0.15, 0.2) is 6.61 Å². The monoisotopic (exact) mass is 484 g/mol. The molecule has 1 heterocycles. The molecular formula is C24H24N2O5S2. The van der Waals surface area contributed by atoms with Gasteiger partial charge in [0.2, 0.25) is 0 Å². The summed E-state index contributed by atoms with van der Waals surface area (Å²) in [4.78, 5) is 38.1. The SMILES string of the molecule is CCOC(=O)c1cc(Cc2ccccc2)sc1NC(=O)COC(=O)c1cccc(NSC)c1. The Kier molecular flexibility index (Phi) is 8.91. The van der Waals surface area contributed by atoms with Crippen molar-refractivity contribution in [2.45, 2.75) is 13.3 Å². The molecule has 0 fully saturated rings. The molecule has 7 nitrogen and oxygen atoms in total. The molecule has 33 heavy (non-hydrogen) atoms. The Morgan fingerprint density at radius 3 is 2.48 bits per heavy atom. The predicted molar refractivity (Wildman–Crippen MR) is 132 cm³/mol. The lowest BCUT2D eigenvalue weighted by molar-refractivity contribution is -0.119. The van der Waals surface area contributed by atoms with Gasteiger partial charge >= 0.3 is 11.9 Å². The molecule has 1 aromatic heterocycles.